The minimum Gasteiger partial charge on any atom is -0.465 e. The minimum absolute atomic E-state index is 0.139. The number of nitrogens with one attached hydrogen (secondary N) is 1. The summed E-state index contributed by atoms with van der Waals surface area (Å²) in [6.45, 7) is 1.43. The largest absolute Gasteiger partial charge is 0.465 e. The predicted octanol–water partition coefficient (Wildman–Crippen LogP) is 3.01. The number of esters is 1. The maximum Gasteiger partial charge on any atom is 0.337 e. The summed E-state index contributed by atoms with van der Waals surface area (Å²) in [5, 5.41) is 2.91. The van der Waals surface area contributed by atoms with E-state index < -0.39 is 11.9 Å². The van der Waals surface area contributed by atoms with Crippen molar-refractivity contribution in [2.45, 2.75) is 12.8 Å². The van der Waals surface area contributed by atoms with E-state index in [1.165, 1.54) is 43.8 Å². The zero-order valence-electron chi connectivity index (χ0n) is 14.7. The van der Waals surface area contributed by atoms with Crippen molar-refractivity contribution in [1.82, 2.24) is 9.88 Å². The number of aromatic nitrogens is 1. The van der Waals surface area contributed by atoms with Crippen molar-refractivity contribution in [3.63, 3.8) is 0 Å². The average molecular weight is 388 g/mol. The number of halogens is 1. The first-order valence-electron chi connectivity index (χ1n) is 8.43. The maximum absolute atomic E-state index is 12.6. The van der Waals surface area contributed by atoms with Crippen LogP contribution in [0, 0.1) is 0 Å². The topological polar surface area (TPSA) is 88.6 Å². The molecule has 8 heteroatoms. The molecule has 1 N–H and O–H groups in total. The Morgan fingerprint density at radius 3 is 2.48 bits per heavy atom. The van der Waals surface area contributed by atoms with Crippen molar-refractivity contribution in [2.24, 2.45) is 0 Å². The fourth-order valence-electron chi connectivity index (χ4n) is 2.84. The van der Waals surface area contributed by atoms with Crippen LogP contribution in [0.5, 0.6) is 0 Å². The Balaban J connectivity index is 1.79. The third-order valence-electron chi connectivity index (χ3n) is 4.28. The summed E-state index contributed by atoms with van der Waals surface area (Å²) in [5.41, 5.74) is 1.10. The molecule has 0 aliphatic carbocycles. The van der Waals surface area contributed by atoms with Gasteiger partial charge in [0, 0.05) is 25.5 Å². The van der Waals surface area contributed by atoms with E-state index in [0.29, 0.717) is 18.7 Å². The molecule has 1 aromatic heterocycles. The summed E-state index contributed by atoms with van der Waals surface area (Å²) in [7, 11) is 1.27. The standard InChI is InChI=1S/C19H18ClN3O4/c1-27-19(26)12-4-5-15(20)16(9-12)22-17(24)13-8-14(11-21-10-13)18(25)23-6-2-3-7-23/h4-5,8-11H,2-3,6-7H2,1H3,(H,22,24). The zero-order valence-corrected chi connectivity index (χ0v) is 15.5. The molecule has 1 saturated heterocycles. The first kappa shape index (κ1) is 18.8. The molecule has 140 valence electrons. The summed E-state index contributed by atoms with van der Waals surface area (Å²) in [6.07, 6.45) is 4.78. The Morgan fingerprint density at radius 2 is 1.78 bits per heavy atom. The average Bonchev–Trinajstić information content (AvgIpc) is 3.23. The lowest BCUT2D eigenvalue weighted by Gasteiger charge is -2.15. The van der Waals surface area contributed by atoms with Gasteiger partial charge in [-0.25, -0.2) is 4.79 Å². The van der Waals surface area contributed by atoms with E-state index >= 15 is 0 Å². The lowest BCUT2D eigenvalue weighted by atomic mass is 10.1. The molecule has 0 bridgehead atoms. The van der Waals surface area contributed by atoms with Crippen LogP contribution < -0.4 is 5.32 Å². The molecule has 27 heavy (non-hydrogen) atoms. The molecule has 2 aromatic rings. The summed E-state index contributed by atoms with van der Waals surface area (Å²) in [4.78, 5) is 42.4. The lowest BCUT2D eigenvalue weighted by Crippen LogP contribution is -2.28. The van der Waals surface area contributed by atoms with E-state index in [-0.39, 0.29) is 27.7 Å². The smallest absolute Gasteiger partial charge is 0.337 e. The molecule has 2 amide bonds. The highest BCUT2D eigenvalue weighted by Gasteiger charge is 2.21. The van der Waals surface area contributed by atoms with Crippen molar-refractivity contribution < 1.29 is 19.1 Å². The number of benzene rings is 1. The molecule has 2 heterocycles. The number of rotatable bonds is 4. The molecule has 0 atom stereocenters. The van der Waals surface area contributed by atoms with Crippen molar-refractivity contribution in [3.05, 3.63) is 58.4 Å². The molecular formula is C19H18ClN3O4. The Kier molecular flexibility index (Phi) is 5.71. The minimum atomic E-state index is -0.540. The second-order valence-corrected chi connectivity index (χ2v) is 6.51. The quantitative estimate of drug-likeness (QED) is 0.814. The van der Waals surface area contributed by atoms with Crippen molar-refractivity contribution in [1.29, 1.82) is 0 Å². The number of anilines is 1. The van der Waals surface area contributed by atoms with Gasteiger partial charge in [-0.15, -0.1) is 0 Å². The number of amides is 2. The molecule has 0 unspecified atom stereocenters. The van der Waals surface area contributed by atoms with Gasteiger partial charge >= 0.3 is 5.97 Å². The first-order valence-corrected chi connectivity index (χ1v) is 8.81. The van der Waals surface area contributed by atoms with E-state index in [4.69, 9.17) is 11.6 Å². The maximum atomic E-state index is 12.6. The highest BCUT2D eigenvalue weighted by molar-refractivity contribution is 6.34. The van der Waals surface area contributed by atoms with Crippen molar-refractivity contribution >= 4 is 35.1 Å². The van der Waals surface area contributed by atoms with Gasteiger partial charge in [0.05, 0.1) is 34.5 Å². The molecule has 0 radical (unpaired) electrons. The van der Waals surface area contributed by atoms with E-state index in [1.54, 1.807) is 4.90 Å². The van der Waals surface area contributed by atoms with Gasteiger partial charge in [0.1, 0.15) is 0 Å². The molecule has 1 aliphatic rings. The van der Waals surface area contributed by atoms with E-state index in [1.807, 2.05) is 0 Å². The second kappa shape index (κ2) is 8.18. The molecule has 7 nitrogen and oxygen atoms in total. The number of ether oxygens (including phenoxy) is 1. The van der Waals surface area contributed by atoms with Gasteiger partial charge in [-0.05, 0) is 37.1 Å². The number of methoxy groups -OCH3 is 1. The number of likely N-dealkylation sites (tertiary alicyclic amines) is 1. The normalized spacial score (nSPS) is 13.3. The van der Waals surface area contributed by atoms with Gasteiger partial charge in [0.2, 0.25) is 0 Å². The van der Waals surface area contributed by atoms with Gasteiger partial charge in [0.25, 0.3) is 11.8 Å². The van der Waals surface area contributed by atoms with Gasteiger partial charge in [-0.3, -0.25) is 14.6 Å². The highest BCUT2D eigenvalue weighted by atomic mass is 35.5. The third kappa shape index (κ3) is 4.25. The van der Waals surface area contributed by atoms with Crippen LogP contribution in [-0.4, -0.2) is 47.9 Å². The van der Waals surface area contributed by atoms with Crippen LogP contribution in [0.25, 0.3) is 0 Å². The van der Waals surface area contributed by atoms with Crippen LogP contribution in [0.2, 0.25) is 5.02 Å². The monoisotopic (exact) mass is 387 g/mol. The fourth-order valence-corrected chi connectivity index (χ4v) is 3.01. The predicted molar refractivity (Wildman–Crippen MR) is 100 cm³/mol. The number of carbonyl (C=O) groups excluding carboxylic acids is 3. The number of carbonyl (C=O) groups is 3. The molecule has 1 aromatic carbocycles. The van der Waals surface area contributed by atoms with Gasteiger partial charge in [-0.2, -0.15) is 0 Å². The second-order valence-electron chi connectivity index (χ2n) is 6.10. The summed E-state index contributed by atoms with van der Waals surface area (Å²) in [6, 6.07) is 5.93. The SMILES string of the molecule is COC(=O)c1ccc(Cl)c(NC(=O)c2cncc(C(=O)N3CCCC3)c2)c1. The Morgan fingerprint density at radius 1 is 1.07 bits per heavy atom. The summed E-state index contributed by atoms with van der Waals surface area (Å²) >= 11 is 6.10. The van der Waals surface area contributed by atoms with Crippen LogP contribution in [0.15, 0.2) is 36.7 Å². The molecule has 3 rings (SSSR count). The third-order valence-corrected chi connectivity index (χ3v) is 4.61. The van der Waals surface area contributed by atoms with E-state index in [0.717, 1.165) is 12.8 Å². The van der Waals surface area contributed by atoms with Crippen LogP contribution in [-0.2, 0) is 4.74 Å². The fraction of sp³-hybridized carbons (Fsp3) is 0.263. The van der Waals surface area contributed by atoms with Crippen molar-refractivity contribution in [3.8, 4) is 0 Å². The van der Waals surface area contributed by atoms with Crippen molar-refractivity contribution in [2.75, 3.05) is 25.5 Å². The first-order chi connectivity index (χ1) is 13.0. The summed E-state index contributed by atoms with van der Waals surface area (Å²) < 4.78 is 4.66. The van der Waals surface area contributed by atoms with E-state index in [9.17, 15) is 14.4 Å². The van der Waals surface area contributed by atoms with E-state index in [2.05, 4.69) is 15.0 Å². The van der Waals surface area contributed by atoms with Crippen LogP contribution in [0.3, 0.4) is 0 Å². The lowest BCUT2D eigenvalue weighted by molar-refractivity contribution is 0.0600. The van der Waals surface area contributed by atoms with Crippen LogP contribution >= 0.6 is 11.6 Å². The summed E-state index contributed by atoms with van der Waals surface area (Å²) in [5.74, 6) is -1.16. The van der Waals surface area contributed by atoms with Crippen LogP contribution in [0.4, 0.5) is 5.69 Å². The van der Waals surface area contributed by atoms with Crippen LogP contribution in [0.1, 0.15) is 43.9 Å². The number of hydrogen-bond donors (Lipinski definition) is 1. The number of nitrogens with zero attached hydrogens (tertiary/aromatic N) is 2. The Hall–Kier alpha value is -2.93. The highest BCUT2D eigenvalue weighted by Crippen LogP contribution is 2.24. The molecule has 0 spiro atoms. The molecule has 1 aliphatic heterocycles. The number of hydrogen-bond acceptors (Lipinski definition) is 5. The van der Waals surface area contributed by atoms with Gasteiger partial charge in [-0.1, -0.05) is 11.6 Å². The molecular weight excluding hydrogens is 370 g/mol. The number of pyridine rings is 1. The van der Waals surface area contributed by atoms with Gasteiger partial charge < -0.3 is 15.0 Å². The Bertz CT molecular complexity index is 894. The molecule has 1 fully saturated rings. The zero-order chi connectivity index (χ0) is 19.4. The van der Waals surface area contributed by atoms with Gasteiger partial charge in [0.15, 0.2) is 0 Å². The molecule has 0 saturated carbocycles. The Labute approximate surface area is 161 Å².